The lowest BCUT2D eigenvalue weighted by atomic mass is 10.0. The largest absolute Gasteiger partial charge is 0.331 e. The average Bonchev–Trinajstić information content (AvgIpc) is 3.22. The van der Waals surface area contributed by atoms with Crippen LogP contribution in [0, 0.1) is 11.6 Å². The summed E-state index contributed by atoms with van der Waals surface area (Å²) < 4.78 is 84.6. The van der Waals surface area contributed by atoms with E-state index in [0.717, 1.165) is 24.5 Å². The number of pyridine rings is 1. The van der Waals surface area contributed by atoms with Crippen molar-refractivity contribution in [2.75, 3.05) is 11.0 Å². The third-order valence-corrected chi connectivity index (χ3v) is 8.77. The van der Waals surface area contributed by atoms with Gasteiger partial charge in [0.25, 0.3) is 21.5 Å². The van der Waals surface area contributed by atoms with E-state index in [2.05, 4.69) is 25.6 Å². The van der Waals surface area contributed by atoms with Gasteiger partial charge >= 0.3 is 0 Å². The Bertz CT molecular complexity index is 2200. The predicted octanol–water partition coefficient (Wildman–Crippen LogP) is 4.58. The number of sulfonamides is 2. The maximum atomic E-state index is 14.8. The van der Waals surface area contributed by atoms with Crippen LogP contribution >= 0.6 is 15.9 Å². The lowest BCUT2D eigenvalue weighted by Crippen LogP contribution is -2.33. The van der Waals surface area contributed by atoms with Gasteiger partial charge in [0.2, 0.25) is 10.0 Å². The van der Waals surface area contributed by atoms with Gasteiger partial charge in [-0.3, -0.25) is 14.3 Å². The van der Waals surface area contributed by atoms with Crippen molar-refractivity contribution in [1.82, 2.24) is 14.3 Å². The van der Waals surface area contributed by atoms with Crippen molar-refractivity contribution in [2.45, 2.75) is 11.4 Å². The minimum Gasteiger partial charge on any atom is -0.331 e. The first-order valence-electron chi connectivity index (χ1n) is 12.3. The van der Waals surface area contributed by atoms with Crippen LogP contribution in [0.5, 0.6) is 0 Å². The molecule has 3 aromatic carbocycles. The second kappa shape index (κ2) is 11.4. The molecule has 3 N–H and O–H groups in total. The van der Waals surface area contributed by atoms with E-state index in [0.29, 0.717) is 21.4 Å². The highest BCUT2D eigenvalue weighted by molar-refractivity contribution is 9.10. The van der Waals surface area contributed by atoms with Crippen LogP contribution in [0.15, 0.2) is 93.2 Å². The molecule has 5 aromatic rings. The van der Waals surface area contributed by atoms with Crippen molar-refractivity contribution in [3.05, 3.63) is 117 Å². The molecule has 5 rings (SSSR count). The van der Waals surface area contributed by atoms with Crippen molar-refractivity contribution in [3.63, 3.8) is 0 Å². The quantitative estimate of drug-likeness (QED) is 0.217. The molecule has 2 heterocycles. The highest BCUT2D eigenvalue weighted by Crippen LogP contribution is 2.36. The number of aromatic nitrogens is 2. The monoisotopic (exact) mass is 690 g/mol. The number of hydrogen-bond donors (Lipinski definition) is 3. The van der Waals surface area contributed by atoms with Crippen molar-refractivity contribution in [1.29, 1.82) is 0 Å². The molecule has 0 bridgehead atoms. The third-order valence-electron chi connectivity index (χ3n) is 6.35. The number of nitrogens with one attached hydrogen (secondary N) is 3. The molecular formula is C28H21BrF2N4O6S2. The highest BCUT2D eigenvalue weighted by atomic mass is 79.9. The van der Waals surface area contributed by atoms with E-state index in [4.69, 9.17) is 0 Å². The number of carbonyl (C=O) groups excluding carboxylic acids is 1. The van der Waals surface area contributed by atoms with E-state index in [1.165, 1.54) is 41.1 Å². The van der Waals surface area contributed by atoms with Crippen LogP contribution in [-0.4, -0.2) is 38.5 Å². The average molecular weight is 692 g/mol. The maximum Gasteiger partial charge on any atom is 0.282 e. The Hall–Kier alpha value is -4.34. The fraction of sp³-hybridized carbons (Fsp3) is 0.0714. The molecule has 0 saturated carbocycles. The molecule has 0 atom stereocenters. The molecule has 0 radical (unpaired) electrons. The number of H-pyrrole nitrogens is 1. The van der Waals surface area contributed by atoms with Crippen LogP contribution < -0.4 is 15.0 Å². The first-order valence-corrected chi connectivity index (χ1v) is 16.5. The Morgan fingerprint density at radius 1 is 0.977 bits per heavy atom. The molecule has 0 aliphatic rings. The van der Waals surface area contributed by atoms with Gasteiger partial charge in [-0.2, -0.15) is 0 Å². The zero-order chi connectivity index (χ0) is 31.1. The van der Waals surface area contributed by atoms with Gasteiger partial charge in [-0.25, -0.2) is 30.3 Å². The highest BCUT2D eigenvalue weighted by Gasteiger charge is 2.29. The van der Waals surface area contributed by atoms with E-state index >= 15 is 0 Å². The summed E-state index contributed by atoms with van der Waals surface area (Å²) in [6.45, 7) is -0.328. The van der Waals surface area contributed by atoms with Gasteiger partial charge in [0, 0.05) is 50.0 Å². The molecule has 15 heteroatoms. The van der Waals surface area contributed by atoms with Gasteiger partial charge in [-0.15, -0.1) is 0 Å². The normalized spacial score (nSPS) is 11.9. The molecule has 0 spiro atoms. The topological polar surface area (TPSA) is 147 Å². The summed E-state index contributed by atoms with van der Waals surface area (Å²) in [4.78, 5) is 29.0. The van der Waals surface area contributed by atoms with Gasteiger partial charge in [0.15, 0.2) is 0 Å². The Labute approximate surface area is 252 Å². The smallest absolute Gasteiger partial charge is 0.282 e. The number of carbonyl (C=O) groups is 1. The van der Waals surface area contributed by atoms with Gasteiger partial charge in [0.05, 0.1) is 17.7 Å². The van der Waals surface area contributed by atoms with Crippen LogP contribution in [-0.2, 0) is 26.6 Å². The minimum absolute atomic E-state index is 0.00815. The second-order valence-electron chi connectivity index (χ2n) is 9.46. The van der Waals surface area contributed by atoms with Crippen molar-refractivity contribution >= 4 is 58.5 Å². The van der Waals surface area contributed by atoms with E-state index in [1.807, 2.05) is 4.72 Å². The lowest BCUT2D eigenvalue weighted by molar-refractivity contribution is 0.0974. The number of hydrogen-bond acceptors (Lipinski definition) is 6. The van der Waals surface area contributed by atoms with Crippen molar-refractivity contribution in [2.24, 2.45) is 0 Å². The van der Waals surface area contributed by atoms with Crippen LogP contribution in [0.2, 0.25) is 0 Å². The van der Waals surface area contributed by atoms with Crippen molar-refractivity contribution < 1.29 is 30.4 Å². The molecule has 43 heavy (non-hydrogen) atoms. The summed E-state index contributed by atoms with van der Waals surface area (Å²) in [6.07, 6.45) is 2.28. The number of halogens is 3. The lowest BCUT2D eigenvalue weighted by Gasteiger charge is -2.14. The van der Waals surface area contributed by atoms with Crippen LogP contribution in [0.4, 0.5) is 14.5 Å². The van der Waals surface area contributed by atoms with E-state index in [-0.39, 0.29) is 34.6 Å². The van der Waals surface area contributed by atoms with E-state index < -0.39 is 48.0 Å². The number of anilines is 1. The Morgan fingerprint density at radius 2 is 1.74 bits per heavy atom. The molecule has 222 valence electrons. The first kappa shape index (κ1) is 30.1. The van der Waals surface area contributed by atoms with E-state index in [9.17, 15) is 35.2 Å². The number of fused-ring (bicyclic) bond motifs is 1. The zero-order valence-electron chi connectivity index (χ0n) is 22.1. The fourth-order valence-corrected chi connectivity index (χ4v) is 6.52. The minimum atomic E-state index is -4.61. The Morgan fingerprint density at radius 3 is 2.44 bits per heavy atom. The molecule has 0 saturated heterocycles. The second-order valence-corrected chi connectivity index (χ2v) is 13.8. The molecule has 0 aliphatic carbocycles. The summed E-state index contributed by atoms with van der Waals surface area (Å²) in [5.74, 6) is -2.86. The fourth-order valence-electron chi connectivity index (χ4n) is 4.61. The molecule has 0 fully saturated rings. The number of nitrogens with zero attached hydrogens (tertiary/aromatic N) is 1. The summed E-state index contributed by atoms with van der Waals surface area (Å²) in [5, 5.41) is 0.371. The maximum absolute atomic E-state index is 14.8. The SMILES string of the molecule is CS(=O)(=O)Nc1cccc(S(=O)(=O)NC(=O)c2c(-c3ccc[nH]c3=O)c3cc(Br)ccc3n2Cc2ccc(F)cc2F)c1. The third kappa shape index (κ3) is 6.38. The van der Waals surface area contributed by atoms with Crippen molar-refractivity contribution in [3.8, 4) is 11.1 Å². The molecular weight excluding hydrogens is 670 g/mol. The molecule has 10 nitrogen and oxygen atoms in total. The predicted molar refractivity (Wildman–Crippen MR) is 161 cm³/mol. The van der Waals surface area contributed by atoms with E-state index in [1.54, 1.807) is 18.2 Å². The molecule has 0 unspecified atom stereocenters. The van der Waals surface area contributed by atoms with Gasteiger partial charge in [-0.05, 0) is 54.6 Å². The van der Waals surface area contributed by atoms with Crippen LogP contribution in [0.25, 0.3) is 22.0 Å². The molecule has 2 aromatic heterocycles. The van der Waals surface area contributed by atoms with Crippen LogP contribution in [0.3, 0.4) is 0 Å². The van der Waals surface area contributed by atoms with Crippen LogP contribution in [0.1, 0.15) is 16.1 Å². The summed E-state index contributed by atoms with van der Waals surface area (Å²) in [7, 11) is -8.34. The molecule has 1 amide bonds. The number of rotatable bonds is 8. The van der Waals surface area contributed by atoms with Gasteiger partial charge in [-0.1, -0.05) is 28.1 Å². The number of benzene rings is 3. The van der Waals surface area contributed by atoms with Gasteiger partial charge < -0.3 is 9.55 Å². The number of amides is 1. The zero-order valence-corrected chi connectivity index (χ0v) is 25.3. The Kier molecular flexibility index (Phi) is 7.98. The summed E-state index contributed by atoms with van der Waals surface area (Å²) in [5.41, 5.74) is -0.474. The number of aromatic amines is 1. The standard InChI is InChI=1S/C28H21BrF2N4O6S2/c1-42(38,39)33-19-4-2-5-20(14-19)43(40,41)34-28(37)26-25(21-6-3-11-32-27(21)36)22-12-17(29)8-10-24(22)35(26)15-16-7-9-18(30)13-23(16)31/h2-14,33H,15H2,1H3,(H,32,36)(H,34,37). The van der Waals surface area contributed by atoms with Gasteiger partial charge in [0.1, 0.15) is 17.3 Å². The summed E-state index contributed by atoms with van der Waals surface area (Å²) in [6, 6.07) is 15.6. The Balaban J connectivity index is 1.72. The first-order chi connectivity index (χ1) is 20.2. The summed E-state index contributed by atoms with van der Waals surface area (Å²) >= 11 is 3.38. The molecule has 0 aliphatic heterocycles.